The van der Waals surface area contributed by atoms with Crippen molar-refractivity contribution in [2.45, 2.75) is 19.4 Å². The summed E-state index contributed by atoms with van der Waals surface area (Å²) in [5, 5.41) is 5.80. The van der Waals surface area contributed by atoms with E-state index < -0.39 is 18.0 Å². The molecule has 0 saturated carbocycles. The van der Waals surface area contributed by atoms with Crippen molar-refractivity contribution in [2.75, 3.05) is 12.4 Å². The first-order chi connectivity index (χ1) is 18.1. The number of methoxy groups -OCH3 is 1. The molecule has 37 heavy (non-hydrogen) atoms. The summed E-state index contributed by atoms with van der Waals surface area (Å²) in [5.74, 6) is -0.247. The average molecular weight is 530 g/mol. The van der Waals surface area contributed by atoms with Gasteiger partial charge in [0.05, 0.1) is 28.6 Å². The molecule has 1 unspecified atom stereocenters. The number of fused-ring (bicyclic) bond motifs is 1. The molecule has 9 heteroatoms. The van der Waals surface area contributed by atoms with Gasteiger partial charge in [0.2, 0.25) is 0 Å². The van der Waals surface area contributed by atoms with Gasteiger partial charge in [0.25, 0.3) is 5.91 Å². The third-order valence-electron chi connectivity index (χ3n) is 5.70. The van der Waals surface area contributed by atoms with E-state index in [9.17, 15) is 9.59 Å². The van der Waals surface area contributed by atoms with E-state index in [2.05, 4.69) is 15.3 Å². The van der Waals surface area contributed by atoms with Crippen molar-refractivity contribution < 1.29 is 19.1 Å². The maximum atomic E-state index is 13.2. The molecular weight excluding hydrogens is 506 g/mol. The van der Waals surface area contributed by atoms with E-state index in [1.165, 1.54) is 22.7 Å². The lowest BCUT2D eigenvalue weighted by molar-refractivity contribution is -0.124. The number of carbonyl (C=O) groups excluding carboxylic acids is 2. The van der Waals surface area contributed by atoms with Crippen LogP contribution in [0.1, 0.15) is 23.7 Å². The van der Waals surface area contributed by atoms with E-state index in [1.54, 1.807) is 26.2 Å². The number of ether oxygens (including phenoxy) is 2. The zero-order chi connectivity index (χ0) is 25.8. The Kier molecular flexibility index (Phi) is 7.25. The van der Waals surface area contributed by atoms with Crippen molar-refractivity contribution in [1.29, 1.82) is 0 Å². The van der Waals surface area contributed by atoms with Gasteiger partial charge < -0.3 is 9.47 Å². The first-order valence-electron chi connectivity index (χ1n) is 11.6. The van der Waals surface area contributed by atoms with Crippen LogP contribution in [0.3, 0.4) is 0 Å². The minimum atomic E-state index is -0.968. The van der Waals surface area contributed by atoms with Gasteiger partial charge >= 0.3 is 5.97 Å². The smallest absolute Gasteiger partial charge is 0.339 e. The highest BCUT2D eigenvalue weighted by atomic mass is 32.1. The second-order valence-electron chi connectivity index (χ2n) is 8.09. The molecule has 2 heterocycles. The van der Waals surface area contributed by atoms with Crippen molar-refractivity contribution in [2.24, 2.45) is 0 Å². The van der Waals surface area contributed by atoms with Gasteiger partial charge in [-0.15, -0.1) is 22.7 Å². The largest absolute Gasteiger partial charge is 0.497 e. The molecule has 5 rings (SSSR count). The fourth-order valence-corrected chi connectivity index (χ4v) is 5.49. The normalized spacial score (nSPS) is 11.7. The predicted molar refractivity (Wildman–Crippen MR) is 147 cm³/mol. The van der Waals surface area contributed by atoms with Gasteiger partial charge in [-0.2, -0.15) is 0 Å². The van der Waals surface area contributed by atoms with Crippen LogP contribution in [0.5, 0.6) is 5.75 Å². The predicted octanol–water partition coefficient (Wildman–Crippen LogP) is 6.67. The number of hydrogen-bond donors (Lipinski definition) is 1. The Balaban J connectivity index is 1.30. The summed E-state index contributed by atoms with van der Waals surface area (Å²) in [6.45, 7) is 1.79. The SMILES string of the molecule is CCC(OC(=O)c1ccccc1-c1nc2ccccc2s1)C(=O)Nc1nc(-c2ccc(OC)cc2)cs1. The number of thiazole rings is 2. The highest BCUT2D eigenvalue weighted by molar-refractivity contribution is 7.21. The number of aromatic nitrogens is 2. The minimum Gasteiger partial charge on any atom is -0.497 e. The van der Waals surface area contributed by atoms with Crippen LogP contribution < -0.4 is 10.1 Å². The molecule has 0 aliphatic heterocycles. The Morgan fingerprint density at radius 2 is 1.73 bits per heavy atom. The van der Waals surface area contributed by atoms with Crippen LogP contribution in [0.2, 0.25) is 0 Å². The van der Waals surface area contributed by atoms with Crippen LogP contribution >= 0.6 is 22.7 Å². The van der Waals surface area contributed by atoms with E-state index in [0.29, 0.717) is 22.7 Å². The highest BCUT2D eigenvalue weighted by Gasteiger charge is 2.25. The van der Waals surface area contributed by atoms with Crippen molar-refractivity contribution >= 4 is 49.9 Å². The Morgan fingerprint density at radius 1 is 0.973 bits per heavy atom. The lowest BCUT2D eigenvalue weighted by Crippen LogP contribution is -2.32. The molecule has 0 spiro atoms. The van der Waals surface area contributed by atoms with E-state index in [-0.39, 0.29) is 0 Å². The van der Waals surface area contributed by atoms with Gasteiger partial charge in [0.15, 0.2) is 11.2 Å². The van der Waals surface area contributed by atoms with Crippen molar-refractivity contribution in [3.05, 3.63) is 83.7 Å². The zero-order valence-corrected chi connectivity index (χ0v) is 21.8. The van der Waals surface area contributed by atoms with Crippen LogP contribution in [0.25, 0.3) is 32.0 Å². The minimum absolute atomic E-state index is 0.317. The first kappa shape index (κ1) is 24.6. The van der Waals surface area contributed by atoms with Crippen LogP contribution in [-0.2, 0) is 9.53 Å². The first-order valence-corrected chi connectivity index (χ1v) is 13.3. The Hall–Kier alpha value is -4.08. The van der Waals surface area contributed by atoms with E-state index in [4.69, 9.17) is 9.47 Å². The summed E-state index contributed by atoms with van der Waals surface area (Å²) >= 11 is 2.81. The maximum absolute atomic E-state index is 13.2. The number of benzene rings is 3. The van der Waals surface area contributed by atoms with Gasteiger partial charge in [-0.1, -0.05) is 37.3 Å². The van der Waals surface area contributed by atoms with Crippen molar-refractivity contribution in [3.8, 4) is 27.6 Å². The molecule has 7 nitrogen and oxygen atoms in total. The summed E-state index contributed by atoms with van der Waals surface area (Å²) in [6.07, 6.45) is -0.651. The Labute approximate surface area is 221 Å². The van der Waals surface area contributed by atoms with Crippen LogP contribution in [-0.4, -0.2) is 35.1 Å². The van der Waals surface area contributed by atoms with Gasteiger partial charge in [-0.05, 0) is 48.9 Å². The number of esters is 1. The quantitative estimate of drug-likeness (QED) is 0.226. The molecule has 0 aliphatic rings. The number of nitrogens with one attached hydrogen (secondary N) is 1. The number of hydrogen-bond acceptors (Lipinski definition) is 8. The number of rotatable bonds is 8. The lowest BCUT2D eigenvalue weighted by atomic mass is 10.1. The second-order valence-corrected chi connectivity index (χ2v) is 9.98. The number of amides is 1. The topological polar surface area (TPSA) is 90.4 Å². The summed E-state index contributed by atoms with van der Waals surface area (Å²) in [6, 6.07) is 22.5. The van der Waals surface area contributed by atoms with Gasteiger partial charge in [-0.3, -0.25) is 10.1 Å². The molecule has 0 bridgehead atoms. The molecule has 186 valence electrons. The van der Waals surface area contributed by atoms with Gasteiger partial charge in [-0.25, -0.2) is 14.8 Å². The molecule has 5 aromatic rings. The fraction of sp³-hybridized carbons (Fsp3) is 0.143. The van der Waals surface area contributed by atoms with Crippen molar-refractivity contribution in [3.63, 3.8) is 0 Å². The molecule has 1 amide bonds. The van der Waals surface area contributed by atoms with Crippen LogP contribution in [0, 0.1) is 0 Å². The molecule has 2 aromatic heterocycles. The van der Waals surface area contributed by atoms with Gasteiger partial charge in [0, 0.05) is 16.5 Å². The second kappa shape index (κ2) is 10.9. The van der Waals surface area contributed by atoms with Gasteiger partial charge in [0.1, 0.15) is 10.8 Å². The summed E-state index contributed by atoms with van der Waals surface area (Å²) < 4.78 is 11.9. The number of carbonyl (C=O) groups is 2. The molecule has 0 saturated heterocycles. The third-order valence-corrected chi connectivity index (χ3v) is 7.53. The zero-order valence-electron chi connectivity index (χ0n) is 20.1. The van der Waals surface area contributed by atoms with E-state index in [1.807, 2.05) is 66.0 Å². The maximum Gasteiger partial charge on any atom is 0.339 e. The standard InChI is InChI=1S/C28H23N3O4S2/c1-3-23(25(32)31-28-30-22(16-36-28)17-12-14-18(34-2)15-13-17)35-27(33)20-9-5-4-8-19(20)26-29-21-10-6-7-11-24(21)37-26/h4-16,23H,3H2,1-2H3,(H,30,31,32). The molecule has 1 atom stereocenters. The van der Waals surface area contributed by atoms with E-state index in [0.717, 1.165) is 32.2 Å². The summed E-state index contributed by atoms with van der Waals surface area (Å²) in [4.78, 5) is 35.3. The number of nitrogens with zero attached hydrogens (tertiary/aromatic N) is 2. The van der Waals surface area contributed by atoms with Crippen molar-refractivity contribution in [1.82, 2.24) is 9.97 Å². The average Bonchev–Trinajstić information content (AvgIpc) is 3.59. The number of anilines is 1. The molecular formula is C28H23N3O4S2. The summed E-state index contributed by atoms with van der Waals surface area (Å²) in [7, 11) is 1.61. The van der Waals surface area contributed by atoms with Crippen LogP contribution in [0.4, 0.5) is 5.13 Å². The Morgan fingerprint density at radius 3 is 2.49 bits per heavy atom. The fourth-order valence-electron chi connectivity index (χ4n) is 3.76. The number of para-hydroxylation sites is 1. The molecule has 0 fully saturated rings. The monoisotopic (exact) mass is 529 g/mol. The Bertz CT molecular complexity index is 1530. The molecule has 0 radical (unpaired) electrons. The highest BCUT2D eigenvalue weighted by Crippen LogP contribution is 2.33. The molecule has 1 N–H and O–H groups in total. The molecule has 0 aliphatic carbocycles. The van der Waals surface area contributed by atoms with Crippen LogP contribution in [0.15, 0.2) is 78.2 Å². The molecule has 3 aromatic carbocycles. The lowest BCUT2D eigenvalue weighted by Gasteiger charge is -2.16. The summed E-state index contributed by atoms with van der Waals surface area (Å²) in [5.41, 5.74) is 3.55. The van der Waals surface area contributed by atoms with E-state index >= 15 is 0 Å². The third kappa shape index (κ3) is 5.37.